The highest BCUT2D eigenvalue weighted by molar-refractivity contribution is 5.64. The monoisotopic (exact) mass is 143 g/mol. The number of hydrogen-bond acceptors (Lipinski definition) is 2. The number of hydrogen-bond donors (Lipinski definition) is 1. The average molecular weight is 143 g/mol. The smallest absolute Gasteiger partial charge is 0.404 e. The molecule has 0 saturated heterocycles. The Kier molecular flexibility index (Phi) is 2.54. The zero-order valence-electron chi connectivity index (χ0n) is 6.01. The number of carbonyl (C=O) groups is 1. The van der Waals surface area contributed by atoms with E-state index in [1.807, 2.05) is 0 Å². The number of rotatable bonds is 2. The molecule has 10 heavy (non-hydrogen) atoms. The van der Waals surface area contributed by atoms with Gasteiger partial charge in [-0.2, -0.15) is 0 Å². The van der Waals surface area contributed by atoms with Crippen LogP contribution in [0.1, 0.15) is 25.7 Å². The second kappa shape index (κ2) is 3.44. The van der Waals surface area contributed by atoms with Gasteiger partial charge in [0.15, 0.2) is 0 Å². The van der Waals surface area contributed by atoms with Crippen molar-refractivity contribution in [3.63, 3.8) is 0 Å². The minimum absolute atomic E-state index is 0.523. The molecule has 58 valence electrons. The molecular weight excluding hydrogens is 130 g/mol. The van der Waals surface area contributed by atoms with E-state index in [-0.39, 0.29) is 0 Å². The molecular formula is C7H13NO2. The predicted octanol–water partition coefficient (Wildman–Crippen LogP) is 1.27. The Balaban J connectivity index is 2.07. The SMILES string of the molecule is NC(=O)OCC1CCCC1. The van der Waals surface area contributed by atoms with Crippen molar-refractivity contribution in [1.82, 2.24) is 0 Å². The predicted molar refractivity (Wildman–Crippen MR) is 37.5 cm³/mol. The normalized spacial score (nSPS) is 19.2. The van der Waals surface area contributed by atoms with Gasteiger partial charge in [0.2, 0.25) is 0 Å². The fourth-order valence-electron chi connectivity index (χ4n) is 1.38. The summed E-state index contributed by atoms with van der Waals surface area (Å²) in [6.45, 7) is 0.523. The third-order valence-corrected chi connectivity index (χ3v) is 1.94. The molecule has 0 aromatic carbocycles. The first-order valence-electron chi connectivity index (χ1n) is 3.71. The molecule has 3 heteroatoms. The quantitative estimate of drug-likeness (QED) is 0.632. The van der Waals surface area contributed by atoms with Crippen LogP contribution in [0, 0.1) is 5.92 Å². The van der Waals surface area contributed by atoms with E-state index in [4.69, 9.17) is 5.73 Å². The van der Waals surface area contributed by atoms with Crippen molar-refractivity contribution in [3.05, 3.63) is 0 Å². The van der Waals surface area contributed by atoms with Crippen molar-refractivity contribution in [2.24, 2.45) is 11.7 Å². The lowest BCUT2D eigenvalue weighted by molar-refractivity contribution is 0.137. The van der Waals surface area contributed by atoms with Crippen LogP contribution in [-0.2, 0) is 4.74 Å². The summed E-state index contributed by atoms with van der Waals surface area (Å²) in [6.07, 6.45) is 4.27. The molecule has 0 aromatic heterocycles. The fourth-order valence-corrected chi connectivity index (χ4v) is 1.38. The van der Waals surface area contributed by atoms with Crippen LogP contribution in [0.25, 0.3) is 0 Å². The van der Waals surface area contributed by atoms with Crippen LogP contribution >= 0.6 is 0 Å². The van der Waals surface area contributed by atoms with E-state index in [1.54, 1.807) is 0 Å². The van der Waals surface area contributed by atoms with Crippen molar-refractivity contribution in [1.29, 1.82) is 0 Å². The molecule has 0 aromatic rings. The van der Waals surface area contributed by atoms with Crippen molar-refractivity contribution >= 4 is 6.09 Å². The van der Waals surface area contributed by atoms with Gasteiger partial charge in [-0.05, 0) is 18.8 Å². The van der Waals surface area contributed by atoms with Gasteiger partial charge < -0.3 is 10.5 Å². The molecule has 0 unspecified atom stereocenters. The van der Waals surface area contributed by atoms with Crippen LogP contribution in [0.2, 0.25) is 0 Å². The van der Waals surface area contributed by atoms with Gasteiger partial charge in [0.1, 0.15) is 0 Å². The summed E-state index contributed by atoms with van der Waals surface area (Å²) in [5.41, 5.74) is 4.81. The Morgan fingerprint density at radius 1 is 1.50 bits per heavy atom. The molecule has 0 radical (unpaired) electrons. The lowest BCUT2D eigenvalue weighted by atomic mass is 10.1. The van der Waals surface area contributed by atoms with Gasteiger partial charge in [-0.15, -0.1) is 0 Å². The zero-order valence-corrected chi connectivity index (χ0v) is 6.01. The maximum absolute atomic E-state index is 10.2. The summed E-state index contributed by atoms with van der Waals surface area (Å²) in [6, 6.07) is 0. The Morgan fingerprint density at radius 2 is 2.10 bits per heavy atom. The van der Waals surface area contributed by atoms with E-state index in [2.05, 4.69) is 4.74 Å². The summed E-state index contributed by atoms with van der Waals surface area (Å²) in [5, 5.41) is 0. The van der Waals surface area contributed by atoms with Crippen molar-refractivity contribution < 1.29 is 9.53 Å². The van der Waals surface area contributed by atoms with Gasteiger partial charge in [-0.3, -0.25) is 0 Å². The highest BCUT2D eigenvalue weighted by Gasteiger charge is 2.15. The summed E-state index contributed by atoms with van der Waals surface area (Å²) >= 11 is 0. The average Bonchev–Trinajstić information content (AvgIpc) is 2.34. The summed E-state index contributed by atoms with van der Waals surface area (Å²) < 4.78 is 4.66. The van der Waals surface area contributed by atoms with Gasteiger partial charge in [0.25, 0.3) is 0 Å². The minimum Gasteiger partial charge on any atom is -0.449 e. The zero-order chi connectivity index (χ0) is 7.40. The van der Waals surface area contributed by atoms with Crippen LogP contribution in [0.15, 0.2) is 0 Å². The fraction of sp³-hybridized carbons (Fsp3) is 0.857. The number of nitrogens with two attached hydrogens (primary N) is 1. The molecule has 1 rings (SSSR count). The highest BCUT2D eigenvalue weighted by Crippen LogP contribution is 2.24. The molecule has 1 amide bonds. The molecule has 1 aliphatic rings. The van der Waals surface area contributed by atoms with Crippen LogP contribution in [0.4, 0.5) is 4.79 Å². The van der Waals surface area contributed by atoms with Crippen LogP contribution in [0.3, 0.4) is 0 Å². The Bertz CT molecular complexity index is 119. The Labute approximate surface area is 60.5 Å². The second-order valence-corrected chi connectivity index (χ2v) is 2.78. The maximum atomic E-state index is 10.2. The topological polar surface area (TPSA) is 52.3 Å². The highest BCUT2D eigenvalue weighted by atomic mass is 16.5. The first-order chi connectivity index (χ1) is 4.79. The largest absolute Gasteiger partial charge is 0.449 e. The first-order valence-corrected chi connectivity index (χ1v) is 3.71. The minimum atomic E-state index is -0.646. The summed E-state index contributed by atoms with van der Waals surface area (Å²) in [7, 11) is 0. The summed E-state index contributed by atoms with van der Waals surface area (Å²) in [5.74, 6) is 0.576. The molecule has 0 bridgehead atoms. The third-order valence-electron chi connectivity index (χ3n) is 1.94. The van der Waals surface area contributed by atoms with Gasteiger partial charge >= 0.3 is 6.09 Å². The van der Waals surface area contributed by atoms with Gasteiger partial charge in [0.05, 0.1) is 6.61 Å². The van der Waals surface area contributed by atoms with Crippen LogP contribution < -0.4 is 5.73 Å². The molecule has 1 aliphatic carbocycles. The van der Waals surface area contributed by atoms with E-state index >= 15 is 0 Å². The van der Waals surface area contributed by atoms with E-state index in [9.17, 15) is 4.79 Å². The third kappa shape index (κ3) is 2.25. The number of primary amides is 1. The lowest BCUT2D eigenvalue weighted by Crippen LogP contribution is -2.17. The number of ether oxygens (including phenoxy) is 1. The van der Waals surface area contributed by atoms with Crippen molar-refractivity contribution in [2.45, 2.75) is 25.7 Å². The number of amides is 1. The summed E-state index contributed by atoms with van der Waals surface area (Å²) in [4.78, 5) is 10.2. The van der Waals surface area contributed by atoms with Gasteiger partial charge in [0, 0.05) is 0 Å². The maximum Gasteiger partial charge on any atom is 0.404 e. The van der Waals surface area contributed by atoms with Crippen molar-refractivity contribution in [3.8, 4) is 0 Å². The molecule has 1 fully saturated rings. The van der Waals surface area contributed by atoms with E-state index < -0.39 is 6.09 Å². The molecule has 0 aliphatic heterocycles. The van der Waals surface area contributed by atoms with E-state index in [0.717, 1.165) is 0 Å². The standard InChI is InChI=1S/C7H13NO2/c8-7(9)10-5-6-3-1-2-4-6/h6H,1-5H2,(H2,8,9). The van der Waals surface area contributed by atoms with Crippen molar-refractivity contribution in [2.75, 3.05) is 6.61 Å². The van der Waals surface area contributed by atoms with Gasteiger partial charge in [-0.25, -0.2) is 4.79 Å². The number of carbonyl (C=O) groups excluding carboxylic acids is 1. The van der Waals surface area contributed by atoms with E-state index in [0.29, 0.717) is 12.5 Å². The molecule has 3 nitrogen and oxygen atoms in total. The van der Waals surface area contributed by atoms with Gasteiger partial charge in [-0.1, -0.05) is 12.8 Å². The molecule has 1 saturated carbocycles. The second-order valence-electron chi connectivity index (χ2n) is 2.78. The van der Waals surface area contributed by atoms with E-state index in [1.165, 1.54) is 25.7 Å². The molecule has 0 atom stereocenters. The Morgan fingerprint density at radius 3 is 2.60 bits per heavy atom. The molecule has 0 spiro atoms. The Hall–Kier alpha value is -0.730. The van der Waals surface area contributed by atoms with Crippen LogP contribution in [-0.4, -0.2) is 12.7 Å². The first kappa shape index (κ1) is 7.38. The molecule has 2 N–H and O–H groups in total. The lowest BCUT2D eigenvalue weighted by Gasteiger charge is -2.06. The van der Waals surface area contributed by atoms with Crippen LogP contribution in [0.5, 0.6) is 0 Å². The molecule has 0 heterocycles.